The van der Waals surface area contributed by atoms with E-state index in [1.807, 2.05) is 32.2 Å². The van der Waals surface area contributed by atoms with Gasteiger partial charge in [0.15, 0.2) is 0 Å². The molecule has 0 aliphatic rings. The van der Waals surface area contributed by atoms with Crippen molar-refractivity contribution in [3.8, 4) is 5.75 Å². The van der Waals surface area contributed by atoms with Crippen LogP contribution in [0, 0.1) is 6.92 Å². The molecular formula is C11H17NO2. The van der Waals surface area contributed by atoms with Crippen LogP contribution in [-0.2, 0) is 0 Å². The fourth-order valence-corrected chi connectivity index (χ4v) is 1.58. The molecule has 78 valence electrons. The van der Waals surface area contributed by atoms with E-state index in [0.29, 0.717) is 0 Å². The van der Waals surface area contributed by atoms with E-state index in [1.54, 1.807) is 7.11 Å². The van der Waals surface area contributed by atoms with Gasteiger partial charge in [-0.1, -0.05) is 12.1 Å². The van der Waals surface area contributed by atoms with Crippen molar-refractivity contribution >= 4 is 0 Å². The molecule has 1 aromatic rings. The average Bonchev–Trinajstić information content (AvgIpc) is 2.22. The van der Waals surface area contributed by atoms with Crippen LogP contribution in [0.1, 0.15) is 17.2 Å². The molecule has 0 fully saturated rings. The summed E-state index contributed by atoms with van der Waals surface area (Å²) in [5.74, 6) is 0.858. The summed E-state index contributed by atoms with van der Waals surface area (Å²) in [7, 11) is 3.49. The molecule has 1 aromatic carbocycles. The van der Waals surface area contributed by atoms with Crippen LogP contribution in [0.3, 0.4) is 0 Å². The quantitative estimate of drug-likeness (QED) is 0.760. The summed E-state index contributed by atoms with van der Waals surface area (Å²) in [5, 5.41) is 12.2. The lowest BCUT2D eigenvalue weighted by Crippen LogP contribution is -2.20. The zero-order valence-corrected chi connectivity index (χ0v) is 8.87. The van der Waals surface area contributed by atoms with Crippen LogP contribution in [0.15, 0.2) is 18.2 Å². The van der Waals surface area contributed by atoms with Crippen LogP contribution in [0.4, 0.5) is 0 Å². The van der Waals surface area contributed by atoms with Crippen molar-refractivity contribution in [2.75, 3.05) is 20.8 Å². The number of methoxy groups -OCH3 is 1. The molecule has 0 saturated carbocycles. The molecule has 3 nitrogen and oxygen atoms in total. The first kappa shape index (κ1) is 11.0. The maximum Gasteiger partial charge on any atom is 0.122 e. The van der Waals surface area contributed by atoms with Crippen LogP contribution in [0.5, 0.6) is 5.75 Å². The largest absolute Gasteiger partial charge is 0.496 e. The standard InChI is InChI=1S/C11H17NO2/c1-8-9(10(7-13)12-2)5-4-6-11(8)14-3/h4-6,10,12-13H,7H2,1-3H3/t10-/m1/s1. The van der Waals surface area contributed by atoms with Gasteiger partial charge in [0.1, 0.15) is 5.75 Å². The Morgan fingerprint density at radius 2 is 2.21 bits per heavy atom. The molecule has 1 rings (SSSR count). The number of benzene rings is 1. The minimum absolute atomic E-state index is 0.0231. The van der Waals surface area contributed by atoms with Gasteiger partial charge < -0.3 is 15.2 Å². The topological polar surface area (TPSA) is 41.5 Å². The third-order valence-electron chi connectivity index (χ3n) is 2.45. The number of likely N-dealkylation sites (N-methyl/N-ethyl adjacent to an activating group) is 1. The fourth-order valence-electron chi connectivity index (χ4n) is 1.58. The molecule has 14 heavy (non-hydrogen) atoms. The number of hydrogen-bond acceptors (Lipinski definition) is 3. The molecular weight excluding hydrogens is 178 g/mol. The number of ether oxygens (including phenoxy) is 1. The van der Waals surface area contributed by atoms with Crippen LogP contribution >= 0.6 is 0 Å². The normalized spacial score (nSPS) is 12.6. The first-order valence-corrected chi connectivity index (χ1v) is 4.66. The van der Waals surface area contributed by atoms with E-state index < -0.39 is 0 Å². The molecule has 0 saturated heterocycles. The van der Waals surface area contributed by atoms with Gasteiger partial charge in [0, 0.05) is 0 Å². The van der Waals surface area contributed by atoms with Crippen molar-refractivity contribution in [1.29, 1.82) is 0 Å². The third kappa shape index (κ3) is 2.05. The maximum atomic E-state index is 9.16. The lowest BCUT2D eigenvalue weighted by molar-refractivity contribution is 0.250. The SMILES string of the molecule is CN[C@H](CO)c1cccc(OC)c1C. The minimum Gasteiger partial charge on any atom is -0.496 e. The fraction of sp³-hybridized carbons (Fsp3) is 0.455. The Morgan fingerprint density at radius 3 is 2.71 bits per heavy atom. The van der Waals surface area contributed by atoms with Crippen molar-refractivity contribution in [1.82, 2.24) is 5.32 Å². The highest BCUT2D eigenvalue weighted by Gasteiger charge is 2.12. The Morgan fingerprint density at radius 1 is 1.50 bits per heavy atom. The predicted molar refractivity (Wildman–Crippen MR) is 56.6 cm³/mol. The lowest BCUT2D eigenvalue weighted by Gasteiger charge is -2.17. The van der Waals surface area contributed by atoms with Crippen molar-refractivity contribution in [3.05, 3.63) is 29.3 Å². The highest BCUT2D eigenvalue weighted by molar-refractivity contribution is 5.40. The summed E-state index contributed by atoms with van der Waals surface area (Å²) in [4.78, 5) is 0. The minimum atomic E-state index is -0.0231. The van der Waals surface area contributed by atoms with Gasteiger partial charge in [-0.25, -0.2) is 0 Å². The van der Waals surface area contributed by atoms with E-state index in [1.165, 1.54) is 0 Å². The van der Waals surface area contributed by atoms with E-state index in [4.69, 9.17) is 9.84 Å². The second-order valence-corrected chi connectivity index (χ2v) is 3.20. The zero-order chi connectivity index (χ0) is 10.6. The van der Waals surface area contributed by atoms with Crippen molar-refractivity contribution in [3.63, 3.8) is 0 Å². The van der Waals surface area contributed by atoms with Gasteiger partial charge in [-0.05, 0) is 31.2 Å². The van der Waals surface area contributed by atoms with Crippen molar-refractivity contribution < 1.29 is 9.84 Å². The molecule has 0 aliphatic carbocycles. The number of rotatable bonds is 4. The summed E-state index contributed by atoms with van der Waals surface area (Å²) in [6, 6.07) is 5.82. The highest BCUT2D eigenvalue weighted by Crippen LogP contribution is 2.25. The second kappa shape index (κ2) is 4.98. The first-order valence-electron chi connectivity index (χ1n) is 4.66. The first-order chi connectivity index (χ1) is 6.74. The number of aliphatic hydroxyl groups excluding tert-OH is 1. The summed E-state index contributed by atoms with van der Waals surface area (Å²) >= 11 is 0. The maximum absolute atomic E-state index is 9.16. The van der Waals surface area contributed by atoms with Gasteiger partial charge in [0.2, 0.25) is 0 Å². The molecule has 0 radical (unpaired) electrons. The van der Waals surface area contributed by atoms with E-state index >= 15 is 0 Å². The Hall–Kier alpha value is -1.06. The number of aliphatic hydroxyl groups is 1. The Kier molecular flexibility index (Phi) is 3.92. The van der Waals surface area contributed by atoms with E-state index in [0.717, 1.165) is 16.9 Å². The molecule has 3 heteroatoms. The molecule has 2 N–H and O–H groups in total. The summed E-state index contributed by atoms with van der Waals surface area (Å²) < 4.78 is 5.22. The molecule has 0 heterocycles. The van der Waals surface area contributed by atoms with Crippen LogP contribution in [-0.4, -0.2) is 25.9 Å². The van der Waals surface area contributed by atoms with Crippen molar-refractivity contribution in [2.24, 2.45) is 0 Å². The second-order valence-electron chi connectivity index (χ2n) is 3.20. The molecule has 0 bridgehead atoms. The van der Waals surface area contributed by atoms with Crippen LogP contribution in [0.25, 0.3) is 0 Å². The molecule has 0 spiro atoms. The Labute approximate surface area is 84.7 Å². The molecule has 0 aromatic heterocycles. The third-order valence-corrected chi connectivity index (χ3v) is 2.45. The van der Waals surface area contributed by atoms with E-state index in [9.17, 15) is 0 Å². The molecule has 0 aliphatic heterocycles. The summed E-state index contributed by atoms with van der Waals surface area (Å²) in [6.45, 7) is 2.08. The van der Waals surface area contributed by atoms with Gasteiger partial charge in [-0.2, -0.15) is 0 Å². The van der Waals surface area contributed by atoms with Gasteiger partial charge >= 0.3 is 0 Å². The van der Waals surface area contributed by atoms with Crippen molar-refractivity contribution in [2.45, 2.75) is 13.0 Å². The Bertz CT molecular complexity index is 295. The molecule has 1 atom stereocenters. The monoisotopic (exact) mass is 195 g/mol. The predicted octanol–water partition coefficient (Wildman–Crippen LogP) is 1.26. The zero-order valence-electron chi connectivity index (χ0n) is 8.87. The molecule has 0 unspecified atom stereocenters. The highest BCUT2D eigenvalue weighted by atomic mass is 16.5. The van der Waals surface area contributed by atoms with Gasteiger partial charge in [0.05, 0.1) is 19.8 Å². The number of nitrogens with one attached hydrogen (secondary N) is 1. The molecule has 0 amide bonds. The number of hydrogen-bond donors (Lipinski definition) is 2. The Balaban J connectivity index is 3.07. The smallest absolute Gasteiger partial charge is 0.122 e. The van der Waals surface area contributed by atoms with Gasteiger partial charge in [0.25, 0.3) is 0 Å². The summed E-state index contributed by atoms with van der Waals surface area (Å²) in [6.07, 6.45) is 0. The van der Waals surface area contributed by atoms with E-state index in [2.05, 4.69) is 5.32 Å². The average molecular weight is 195 g/mol. The van der Waals surface area contributed by atoms with Crippen LogP contribution in [0.2, 0.25) is 0 Å². The van der Waals surface area contributed by atoms with Gasteiger partial charge in [-0.15, -0.1) is 0 Å². The van der Waals surface area contributed by atoms with E-state index in [-0.39, 0.29) is 12.6 Å². The summed E-state index contributed by atoms with van der Waals surface area (Å²) in [5.41, 5.74) is 2.15. The van der Waals surface area contributed by atoms with Gasteiger partial charge in [-0.3, -0.25) is 0 Å². The lowest BCUT2D eigenvalue weighted by atomic mass is 10.0. The van der Waals surface area contributed by atoms with Crippen LogP contribution < -0.4 is 10.1 Å².